The van der Waals surface area contributed by atoms with Crippen molar-refractivity contribution >= 4 is 17.6 Å². The van der Waals surface area contributed by atoms with Gasteiger partial charge < -0.3 is 15.0 Å². The van der Waals surface area contributed by atoms with Crippen LogP contribution in [0.15, 0.2) is 53.5 Å². The number of pyridine rings is 1. The number of nitrogens with zero attached hydrogens (tertiary/aromatic N) is 3. The minimum absolute atomic E-state index is 0.0218. The van der Waals surface area contributed by atoms with E-state index in [1.54, 1.807) is 49.2 Å². The molecule has 1 aromatic heterocycles. The van der Waals surface area contributed by atoms with Gasteiger partial charge in [-0.2, -0.15) is 0 Å². The average molecular weight is 555 g/mol. The molecule has 3 heterocycles. The maximum absolute atomic E-state index is 14.1. The van der Waals surface area contributed by atoms with Gasteiger partial charge in [-0.1, -0.05) is 30.3 Å². The van der Waals surface area contributed by atoms with E-state index in [2.05, 4.69) is 5.32 Å². The molecule has 1 fully saturated rings. The van der Waals surface area contributed by atoms with Crippen molar-refractivity contribution in [1.82, 2.24) is 14.9 Å². The molecule has 1 saturated heterocycles. The molecule has 3 aromatic rings. The van der Waals surface area contributed by atoms with Crippen molar-refractivity contribution in [3.8, 4) is 5.75 Å². The van der Waals surface area contributed by atoms with Gasteiger partial charge in [0.2, 0.25) is 5.43 Å². The number of carbonyl (C=O) groups is 3. The van der Waals surface area contributed by atoms with Crippen molar-refractivity contribution in [3.05, 3.63) is 98.7 Å². The Hall–Kier alpha value is -4.61. The van der Waals surface area contributed by atoms with E-state index >= 15 is 0 Å². The molecule has 0 spiro atoms. The molecule has 2 atom stereocenters. The molecule has 0 unspecified atom stereocenters. The first-order valence-electron chi connectivity index (χ1n) is 12.6. The summed E-state index contributed by atoms with van der Waals surface area (Å²) in [7, 11) is 0. The number of amides is 2. The van der Waals surface area contributed by atoms with Gasteiger partial charge in [0.25, 0.3) is 11.8 Å². The van der Waals surface area contributed by atoms with E-state index in [1.165, 1.54) is 9.58 Å². The number of hydrogen-bond donors (Lipinski definition) is 1. The summed E-state index contributed by atoms with van der Waals surface area (Å²) < 4.78 is 48.7. The van der Waals surface area contributed by atoms with Crippen LogP contribution in [0.4, 0.5) is 13.2 Å². The average Bonchev–Trinajstić information content (AvgIpc) is 3.01. The molecule has 40 heavy (non-hydrogen) atoms. The zero-order valence-electron chi connectivity index (χ0n) is 21.6. The molecule has 12 heteroatoms. The van der Waals surface area contributed by atoms with Crippen LogP contribution in [-0.4, -0.2) is 45.9 Å². The van der Waals surface area contributed by atoms with Crippen LogP contribution >= 0.6 is 0 Å². The summed E-state index contributed by atoms with van der Waals surface area (Å²) in [6.07, 6.45) is 1.27. The zero-order valence-corrected chi connectivity index (χ0v) is 21.6. The lowest BCUT2D eigenvalue weighted by Crippen LogP contribution is -2.57. The summed E-state index contributed by atoms with van der Waals surface area (Å²) in [6.45, 7) is 2.64. The number of hydrogen-bond acceptors (Lipinski definition) is 6. The number of nitrogens with one attached hydrogen (secondary N) is 1. The number of ether oxygens (including phenoxy) is 1. The fourth-order valence-electron chi connectivity index (χ4n) is 4.82. The minimum atomic E-state index is -1.20. The Morgan fingerprint density at radius 3 is 2.40 bits per heavy atom. The van der Waals surface area contributed by atoms with Crippen LogP contribution in [0.5, 0.6) is 5.75 Å². The Morgan fingerprint density at radius 2 is 1.73 bits per heavy atom. The van der Waals surface area contributed by atoms with Crippen LogP contribution in [0, 0.1) is 17.5 Å². The highest BCUT2D eigenvalue weighted by molar-refractivity contribution is 6.02. The molecule has 2 aromatic carbocycles. The third-order valence-electron chi connectivity index (χ3n) is 7.12. The number of rotatable bonds is 6. The number of ketones is 1. The number of halogens is 3. The first-order valence-corrected chi connectivity index (χ1v) is 12.6. The summed E-state index contributed by atoms with van der Waals surface area (Å²) >= 11 is 0. The van der Waals surface area contributed by atoms with Crippen molar-refractivity contribution in [2.24, 2.45) is 0 Å². The highest BCUT2D eigenvalue weighted by Gasteiger charge is 2.43. The maximum Gasteiger partial charge on any atom is 0.278 e. The van der Waals surface area contributed by atoms with E-state index < -0.39 is 70.2 Å². The van der Waals surface area contributed by atoms with Crippen molar-refractivity contribution < 1.29 is 32.3 Å². The van der Waals surface area contributed by atoms with E-state index in [1.807, 2.05) is 0 Å². The number of aromatic nitrogens is 1. The van der Waals surface area contributed by atoms with Crippen LogP contribution in [0.25, 0.3) is 0 Å². The molecular formula is C28H25F3N4O5. The Kier molecular flexibility index (Phi) is 7.09. The third kappa shape index (κ3) is 4.80. The van der Waals surface area contributed by atoms with Gasteiger partial charge in [-0.15, -0.1) is 0 Å². The lowest BCUT2D eigenvalue weighted by Gasteiger charge is -2.41. The fraction of sp³-hybridized carbons (Fsp3) is 0.286. The van der Waals surface area contributed by atoms with Gasteiger partial charge in [-0.05, 0) is 19.4 Å². The van der Waals surface area contributed by atoms with E-state index in [0.29, 0.717) is 17.7 Å². The maximum atomic E-state index is 14.1. The van der Waals surface area contributed by atoms with Crippen LogP contribution in [-0.2, 0) is 17.9 Å². The largest absolute Gasteiger partial charge is 0.482 e. The van der Waals surface area contributed by atoms with E-state index in [4.69, 9.17) is 4.74 Å². The summed E-state index contributed by atoms with van der Waals surface area (Å²) in [5.74, 6) is -5.68. The monoisotopic (exact) mass is 554 g/mol. The van der Waals surface area contributed by atoms with Crippen LogP contribution in [0.1, 0.15) is 52.2 Å². The number of carbonyl (C=O) groups excluding carboxylic acids is 3. The smallest absolute Gasteiger partial charge is 0.278 e. The first-order chi connectivity index (χ1) is 19.1. The number of fused-ring (bicyclic) bond motifs is 4. The van der Waals surface area contributed by atoms with Crippen molar-refractivity contribution in [2.75, 3.05) is 11.7 Å². The lowest BCUT2D eigenvalue weighted by molar-refractivity contribution is -0.122. The molecule has 5 rings (SSSR count). The highest BCUT2D eigenvalue weighted by Crippen LogP contribution is 2.29. The Morgan fingerprint density at radius 1 is 1.05 bits per heavy atom. The lowest BCUT2D eigenvalue weighted by atomic mass is 10.1. The zero-order chi connectivity index (χ0) is 28.7. The third-order valence-corrected chi connectivity index (χ3v) is 7.12. The van der Waals surface area contributed by atoms with E-state index in [-0.39, 0.29) is 31.2 Å². The minimum Gasteiger partial charge on any atom is -0.482 e. The molecule has 9 nitrogen and oxygen atoms in total. The second kappa shape index (κ2) is 10.5. The van der Waals surface area contributed by atoms with Gasteiger partial charge in [-0.25, -0.2) is 13.2 Å². The van der Waals surface area contributed by atoms with Gasteiger partial charge in [0.1, 0.15) is 36.3 Å². The van der Waals surface area contributed by atoms with Crippen molar-refractivity contribution in [3.63, 3.8) is 0 Å². The first kappa shape index (κ1) is 27.0. The quantitative estimate of drug-likeness (QED) is 0.503. The molecule has 2 bridgehead atoms. The SMILES string of the molecule is C[C@@H]1CC(=O)[C@H](C)N2CN1n1cc(C(=O)NCc3c(F)cc(F)cc3F)c(=O)c(OCc3ccccc3)c1C2=O. The molecular weight excluding hydrogens is 529 g/mol. The molecule has 2 aliphatic heterocycles. The molecule has 0 saturated carbocycles. The Balaban J connectivity index is 1.58. The highest BCUT2D eigenvalue weighted by atomic mass is 19.1. The van der Waals surface area contributed by atoms with Gasteiger partial charge >= 0.3 is 0 Å². The fourth-order valence-corrected chi connectivity index (χ4v) is 4.82. The van der Waals surface area contributed by atoms with Crippen LogP contribution in [0.3, 0.4) is 0 Å². The summed E-state index contributed by atoms with van der Waals surface area (Å²) in [4.78, 5) is 54.5. The summed E-state index contributed by atoms with van der Waals surface area (Å²) in [5.41, 5.74) is -1.41. The predicted octanol–water partition coefficient (Wildman–Crippen LogP) is 2.88. The van der Waals surface area contributed by atoms with Crippen LogP contribution < -0.4 is 20.5 Å². The predicted molar refractivity (Wildman–Crippen MR) is 137 cm³/mol. The molecule has 2 amide bonds. The molecule has 208 valence electrons. The standard InChI is InChI=1S/C28H25F3N4O5/c1-15-8-23(36)16(2)33-14-35(15)34-12-20(27(38)32-11-19-21(30)9-18(29)10-22(19)31)25(37)26(24(34)28(33)39)40-13-17-6-4-3-5-7-17/h3-7,9-10,12,15-16H,8,11,13-14H2,1-2H3,(H,32,38)/t15-,16+/m1/s1. The Labute approximate surface area is 226 Å². The molecule has 0 aliphatic carbocycles. The van der Waals surface area contributed by atoms with Crippen LogP contribution in [0.2, 0.25) is 0 Å². The van der Waals surface area contributed by atoms with E-state index in [9.17, 15) is 32.3 Å². The van der Waals surface area contributed by atoms with Gasteiger partial charge in [0.15, 0.2) is 17.2 Å². The summed E-state index contributed by atoms with van der Waals surface area (Å²) in [6, 6.07) is 8.65. The van der Waals surface area contributed by atoms with Gasteiger partial charge in [0, 0.05) is 36.9 Å². The van der Waals surface area contributed by atoms with E-state index in [0.717, 1.165) is 6.20 Å². The number of Topliss-reactive ketones (excluding diaryl/α,β-unsaturated/α-hetero) is 1. The Bertz CT molecular complexity index is 1550. The number of benzene rings is 2. The topological polar surface area (TPSA) is 101 Å². The molecule has 0 radical (unpaired) electrons. The second-order valence-electron chi connectivity index (χ2n) is 9.75. The summed E-state index contributed by atoms with van der Waals surface area (Å²) in [5, 5.41) is 3.96. The van der Waals surface area contributed by atoms with Gasteiger partial charge in [0.05, 0.1) is 12.1 Å². The second-order valence-corrected chi connectivity index (χ2v) is 9.75. The molecule has 1 N–H and O–H groups in total. The molecule has 2 aliphatic rings. The van der Waals surface area contributed by atoms with Crippen molar-refractivity contribution in [1.29, 1.82) is 0 Å². The van der Waals surface area contributed by atoms with Gasteiger partial charge in [-0.3, -0.25) is 28.9 Å². The van der Waals surface area contributed by atoms with Crippen molar-refractivity contribution in [2.45, 2.75) is 45.5 Å². The normalized spacial score (nSPS) is 18.3.